The number of nitriles is 1. The smallest absolute Gasteiger partial charge is 0.407 e. The zero-order chi connectivity index (χ0) is 22.3. The summed E-state index contributed by atoms with van der Waals surface area (Å²) in [7, 11) is 0. The van der Waals surface area contributed by atoms with Gasteiger partial charge in [0.2, 0.25) is 5.91 Å². The van der Waals surface area contributed by atoms with Crippen molar-refractivity contribution in [1.82, 2.24) is 5.32 Å². The van der Waals surface area contributed by atoms with Gasteiger partial charge in [0.1, 0.15) is 11.1 Å². The second-order valence-corrected chi connectivity index (χ2v) is 9.97. The molecule has 2 amide bonds. The minimum atomic E-state index is -0.416. The van der Waals surface area contributed by atoms with E-state index in [1.807, 2.05) is 17.5 Å². The van der Waals surface area contributed by atoms with E-state index in [1.54, 1.807) is 17.4 Å². The van der Waals surface area contributed by atoms with Crippen LogP contribution in [-0.4, -0.2) is 37.9 Å². The first-order valence-corrected chi connectivity index (χ1v) is 12.4. The minimum absolute atomic E-state index is 0.0871. The number of anilines is 1. The first-order chi connectivity index (χ1) is 15.6. The average Bonchev–Trinajstić information content (AvgIpc) is 3.55. The summed E-state index contributed by atoms with van der Waals surface area (Å²) < 4.78 is 10.9. The third kappa shape index (κ3) is 5.76. The fourth-order valence-corrected chi connectivity index (χ4v) is 5.88. The van der Waals surface area contributed by atoms with Crippen molar-refractivity contribution in [2.45, 2.75) is 38.2 Å². The Morgan fingerprint density at radius 3 is 3.03 bits per heavy atom. The molecule has 0 saturated carbocycles. The highest BCUT2D eigenvalue weighted by molar-refractivity contribution is 7.16. The standard InChI is InChI=1S/C23H25N3O4S2/c24-12-19-18-7-5-15(14-30-23(28)25-13-16-3-1-9-29-16)11-20(18)32-22(19)26-21(27)8-6-17-4-2-10-31-17/h2,4,6,8,10,15-16H,1,3,5,7,9,11,13-14H2,(H,25,28)(H,26,27). The molecule has 0 radical (unpaired) electrons. The zero-order valence-corrected chi connectivity index (χ0v) is 19.2. The normalized spacial score (nSPS) is 20.0. The molecule has 2 atom stereocenters. The lowest BCUT2D eigenvalue weighted by Gasteiger charge is -2.22. The number of carbonyl (C=O) groups is 2. The van der Waals surface area contributed by atoms with Crippen molar-refractivity contribution in [3.8, 4) is 6.07 Å². The molecule has 0 aromatic carbocycles. The molecule has 1 aliphatic heterocycles. The SMILES string of the molecule is N#Cc1c(NC(=O)C=Cc2cccs2)sc2c1CCC(COC(=O)NCC1CCCO1)C2. The number of hydrogen-bond donors (Lipinski definition) is 2. The Balaban J connectivity index is 1.30. The van der Waals surface area contributed by atoms with Crippen LogP contribution in [0.2, 0.25) is 0 Å². The van der Waals surface area contributed by atoms with E-state index in [-0.39, 0.29) is 17.9 Å². The Hall–Kier alpha value is -2.67. The first kappa shape index (κ1) is 22.5. The lowest BCUT2D eigenvalue weighted by molar-refractivity contribution is -0.111. The number of carbonyl (C=O) groups excluding carboxylic acids is 2. The summed E-state index contributed by atoms with van der Waals surface area (Å²) in [6.45, 7) is 1.57. The molecule has 7 nitrogen and oxygen atoms in total. The summed E-state index contributed by atoms with van der Waals surface area (Å²) in [6, 6.07) is 6.12. The highest BCUT2D eigenvalue weighted by Crippen LogP contribution is 2.39. The average molecular weight is 472 g/mol. The number of rotatable bonds is 7. The van der Waals surface area contributed by atoms with Crippen molar-refractivity contribution in [2.75, 3.05) is 25.1 Å². The number of ether oxygens (including phenoxy) is 2. The lowest BCUT2D eigenvalue weighted by atomic mass is 9.88. The predicted octanol–water partition coefficient (Wildman–Crippen LogP) is 4.34. The monoisotopic (exact) mass is 471 g/mol. The third-order valence-corrected chi connectivity index (χ3v) is 7.61. The van der Waals surface area contributed by atoms with E-state index in [2.05, 4.69) is 16.7 Å². The highest BCUT2D eigenvalue weighted by Gasteiger charge is 2.27. The molecule has 2 aromatic heterocycles. The van der Waals surface area contributed by atoms with Crippen LogP contribution in [0.25, 0.3) is 6.08 Å². The Morgan fingerprint density at radius 1 is 1.38 bits per heavy atom. The molecule has 168 valence electrons. The summed E-state index contributed by atoms with van der Waals surface area (Å²) in [6.07, 6.45) is 7.22. The van der Waals surface area contributed by atoms with Crippen molar-refractivity contribution in [3.05, 3.63) is 44.5 Å². The molecule has 1 saturated heterocycles. The fourth-order valence-electron chi connectivity index (χ4n) is 3.95. The van der Waals surface area contributed by atoms with E-state index in [0.29, 0.717) is 23.7 Å². The molecule has 0 bridgehead atoms. The third-order valence-electron chi connectivity index (χ3n) is 5.61. The van der Waals surface area contributed by atoms with Crippen molar-refractivity contribution < 1.29 is 19.1 Å². The van der Waals surface area contributed by atoms with Crippen molar-refractivity contribution >= 4 is 45.8 Å². The van der Waals surface area contributed by atoms with Gasteiger partial charge >= 0.3 is 6.09 Å². The second-order valence-electron chi connectivity index (χ2n) is 7.88. The van der Waals surface area contributed by atoms with Gasteiger partial charge in [-0.1, -0.05) is 6.07 Å². The van der Waals surface area contributed by atoms with Gasteiger partial charge in [0.25, 0.3) is 0 Å². The van der Waals surface area contributed by atoms with E-state index < -0.39 is 6.09 Å². The number of thiophene rings is 2. The maximum atomic E-state index is 12.3. The van der Waals surface area contributed by atoms with E-state index in [4.69, 9.17) is 9.47 Å². The minimum Gasteiger partial charge on any atom is -0.449 e. The molecule has 4 rings (SSSR count). The molecule has 0 spiro atoms. The molecule has 9 heteroatoms. The summed E-state index contributed by atoms with van der Waals surface area (Å²) in [5.41, 5.74) is 1.56. The van der Waals surface area contributed by atoms with E-state index in [9.17, 15) is 14.9 Å². The number of nitrogens with zero attached hydrogens (tertiary/aromatic N) is 1. The Kier molecular flexibility index (Phi) is 7.58. The van der Waals surface area contributed by atoms with Gasteiger partial charge in [-0.25, -0.2) is 4.79 Å². The number of hydrogen-bond acceptors (Lipinski definition) is 7. The van der Waals surface area contributed by atoms with Gasteiger partial charge in [-0.3, -0.25) is 4.79 Å². The van der Waals surface area contributed by atoms with Gasteiger partial charge in [-0.2, -0.15) is 5.26 Å². The maximum absolute atomic E-state index is 12.3. The fraction of sp³-hybridized carbons (Fsp3) is 0.435. The van der Waals surface area contributed by atoms with Gasteiger partial charge in [0.15, 0.2) is 0 Å². The zero-order valence-electron chi connectivity index (χ0n) is 17.6. The summed E-state index contributed by atoms with van der Waals surface area (Å²) in [5.74, 6) is -0.0558. The van der Waals surface area contributed by atoms with Crippen LogP contribution in [-0.2, 0) is 27.1 Å². The topological polar surface area (TPSA) is 100 Å². The van der Waals surface area contributed by atoms with Crippen LogP contribution in [0.4, 0.5) is 9.80 Å². The molecule has 1 fully saturated rings. The molecule has 2 aliphatic rings. The van der Waals surface area contributed by atoms with E-state index >= 15 is 0 Å². The molecule has 3 heterocycles. The van der Waals surface area contributed by atoms with Crippen molar-refractivity contribution in [1.29, 1.82) is 5.26 Å². The van der Waals surface area contributed by atoms with Crippen LogP contribution in [0.5, 0.6) is 0 Å². The highest BCUT2D eigenvalue weighted by atomic mass is 32.1. The van der Waals surface area contributed by atoms with Crippen LogP contribution in [0.1, 0.15) is 40.1 Å². The van der Waals surface area contributed by atoms with Crippen LogP contribution < -0.4 is 10.6 Å². The maximum Gasteiger partial charge on any atom is 0.407 e. The largest absolute Gasteiger partial charge is 0.449 e. The number of amides is 2. The second kappa shape index (κ2) is 10.8. The Labute approximate surface area is 195 Å². The molecule has 1 aliphatic carbocycles. The van der Waals surface area contributed by atoms with Gasteiger partial charge in [-0.05, 0) is 61.1 Å². The quantitative estimate of drug-likeness (QED) is 0.585. The van der Waals surface area contributed by atoms with Gasteiger partial charge in [-0.15, -0.1) is 22.7 Å². The summed E-state index contributed by atoms with van der Waals surface area (Å²) in [4.78, 5) is 26.4. The molecule has 2 N–H and O–H groups in total. The molecule has 2 aromatic rings. The van der Waals surface area contributed by atoms with Gasteiger partial charge in [0, 0.05) is 29.0 Å². The Bertz CT molecular complexity index is 1020. The van der Waals surface area contributed by atoms with Gasteiger partial charge < -0.3 is 20.1 Å². The van der Waals surface area contributed by atoms with Crippen LogP contribution in [0, 0.1) is 17.2 Å². The van der Waals surface area contributed by atoms with Crippen LogP contribution in [0.3, 0.4) is 0 Å². The number of fused-ring (bicyclic) bond motifs is 1. The van der Waals surface area contributed by atoms with Crippen molar-refractivity contribution in [3.63, 3.8) is 0 Å². The molecule has 2 unspecified atom stereocenters. The van der Waals surface area contributed by atoms with Gasteiger partial charge in [0.05, 0.1) is 18.3 Å². The summed E-state index contributed by atoms with van der Waals surface area (Å²) >= 11 is 3.00. The molecular weight excluding hydrogens is 446 g/mol. The number of nitrogens with one attached hydrogen (secondary N) is 2. The molecule has 32 heavy (non-hydrogen) atoms. The van der Waals surface area contributed by atoms with Crippen molar-refractivity contribution in [2.24, 2.45) is 5.92 Å². The van der Waals surface area contributed by atoms with Crippen LogP contribution >= 0.6 is 22.7 Å². The molecular formula is C23H25N3O4S2. The number of alkyl carbamates (subject to hydrolysis) is 1. The van der Waals surface area contributed by atoms with E-state index in [0.717, 1.165) is 54.0 Å². The van der Waals surface area contributed by atoms with Crippen LogP contribution in [0.15, 0.2) is 23.6 Å². The predicted molar refractivity (Wildman–Crippen MR) is 125 cm³/mol. The lowest BCUT2D eigenvalue weighted by Crippen LogP contribution is -2.33. The van der Waals surface area contributed by atoms with E-state index in [1.165, 1.54) is 17.4 Å². The first-order valence-electron chi connectivity index (χ1n) is 10.7. The Morgan fingerprint density at radius 2 is 2.28 bits per heavy atom. The summed E-state index contributed by atoms with van der Waals surface area (Å²) in [5, 5.41) is 17.8.